The molecule has 0 amide bonds. The number of aryl methyl sites for hydroxylation is 2. The van der Waals surface area contributed by atoms with Gasteiger partial charge in [0.25, 0.3) is 0 Å². The predicted octanol–water partition coefficient (Wildman–Crippen LogP) is 2.01. The van der Waals surface area contributed by atoms with Crippen LogP contribution < -0.4 is 5.73 Å². The van der Waals surface area contributed by atoms with E-state index in [-0.39, 0.29) is 16.3 Å². The number of nitrogen functional groups attached to an aromatic ring is 1. The third-order valence-electron chi connectivity index (χ3n) is 2.84. The SMILES string of the molecule is Cc1nccn1CCS(=O)(=O)c1cc(Br)ccc1N. The van der Waals surface area contributed by atoms with Crippen LogP contribution in [0.1, 0.15) is 5.82 Å². The van der Waals surface area contributed by atoms with Gasteiger partial charge < -0.3 is 10.3 Å². The Bertz CT molecular complexity index is 695. The second-order valence-electron chi connectivity index (χ2n) is 4.17. The molecule has 19 heavy (non-hydrogen) atoms. The molecular formula is C12H14BrN3O2S. The third kappa shape index (κ3) is 3.16. The summed E-state index contributed by atoms with van der Waals surface area (Å²) in [7, 11) is -3.41. The van der Waals surface area contributed by atoms with E-state index in [9.17, 15) is 8.42 Å². The largest absolute Gasteiger partial charge is 0.398 e. The number of nitrogens with two attached hydrogens (primary N) is 1. The molecule has 1 aromatic heterocycles. The average molecular weight is 344 g/mol. The van der Waals surface area contributed by atoms with Gasteiger partial charge in [-0.05, 0) is 25.1 Å². The summed E-state index contributed by atoms with van der Waals surface area (Å²) in [5.41, 5.74) is 6.00. The zero-order valence-electron chi connectivity index (χ0n) is 10.4. The van der Waals surface area contributed by atoms with Gasteiger partial charge in [-0.25, -0.2) is 13.4 Å². The van der Waals surface area contributed by atoms with Crippen LogP contribution in [-0.4, -0.2) is 23.7 Å². The number of imidazole rings is 1. The Labute approximate surface area is 120 Å². The van der Waals surface area contributed by atoms with E-state index in [4.69, 9.17) is 5.73 Å². The predicted molar refractivity (Wildman–Crippen MR) is 77.6 cm³/mol. The van der Waals surface area contributed by atoms with Gasteiger partial charge in [-0.15, -0.1) is 0 Å². The van der Waals surface area contributed by atoms with E-state index < -0.39 is 9.84 Å². The minimum absolute atomic E-state index is 0.00907. The van der Waals surface area contributed by atoms with Gasteiger partial charge in [0, 0.05) is 23.4 Å². The molecule has 0 spiro atoms. The topological polar surface area (TPSA) is 78.0 Å². The molecule has 0 aliphatic carbocycles. The van der Waals surface area contributed by atoms with Gasteiger partial charge in [0.05, 0.1) is 16.3 Å². The standard InChI is InChI=1S/C12H14BrN3O2S/c1-9-15-4-5-16(9)6-7-19(17,18)12-8-10(13)2-3-11(12)14/h2-5,8H,6-7,14H2,1H3. The molecule has 1 heterocycles. The molecule has 1 aromatic carbocycles. The number of nitrogens with zero attached hydrogens (tertiary/aromatic N) is 2. The summed E-state index contributed by atoms with van der Waals surface area (Å²) >= 11 is 3.26. The van der Waals surface area contributed by atoms with Crippen molar-refractivity contribution < 1.29 is 8.42 Å². The molecule has 2 rings (SSSR count). The lowest BCUT2D eigenvalue weighted by molar-refractivity contribution is 0.588. The molecule has 0 fully saturated rings. The highest BCUT2D eigenvalue weighted by Crippen LogP contribution is 2.24. The Hall–Kier alpha value is -1.34. The molecule has 5 nitrogen and oxygen atoms in total. The Morgan fingerprint density at radius 3 is 2.79 bits per heavy atom. The first-order valence-electron chi connectivity index (χ1n) is 5.65. The average Bonchev–Trinajstić information content (AvgIpc) is 2.75. The number of benzene rings is 1. The highest BCUT2D eigenvalue weighted by molar-refractivity contribution is 9.10. The number of hydrogen-bond acceptors (Lipinski definition) is 4. The van der Waals surface area contributed by atoms with Gasteiger partial charge in [-0.3, -0.25) is 0 Å². The number of aromatic nitrogens is 2. The van der Waals surface area contributed by atoms with Crippen molar-refractivity contribution >= 4 is 31.5 Å². The number of halogens is 1. The first-order chi connectivity index (χ1) is 8.90. The fourth-order valence-electron chi connectivity index (χ4n) is 1.75. The van der Waals surface area contributed by atoms with E-state index in [1.165, 1.54) is 6.07 Å². The second-order valence-corrected chi connectivity index (χ2v) is 7.16. The maximum atomic E-state index is 12.3. The fourth-order valence-corrected chi connectivity index (χ4v) is 3.65. The summed E-state index contributed by atoms with van der Waals surface area (Å²) in [6.45, 7) is 2.19. The number of hydrogen-bond donors (Lipinski definition) is 1. The summed E-state index contributed by atoms with van der Waals surface area (Å²) in [5, 5.41) is 0. The summed E-state index contributed by atoms with van der Waals surface area (Å²) in [4.78, 5) is 4.22. The van der Waals surface area contributed by atoms with Crippen LogP contribution in [0.5, 0.6) is 0 Å². The van der Waals surface area contributed by atoms with Crippen LogP contribution in [0, 0.1) is 6.92 Å². The molecule has 0 atom stereocenters. The van der Waals surface area contributed by atoms with Crippen LogP contribution in [0.3, 0.4) is 0 Å². The number of anilines is 1. The molecule has 2 aromatic rings. The minimum Gasteiger partial charge on any atom is -0.398 e. The van der Waals surface area contributed by atoms with Crippen LogP contribution in [0.25, 0.3) is 0 Å². The molecule has 7 heteroatoms. The van der Waals surface area contributed by atoms with E-state index in [0.29, 0.717) is 11.0 Å². The maximum absolute atomic E-state index is 12.3. The molecule has 2 N–H and O–H groups in total. The maximum Gasteiger partial charge on any atom is 0.182 e. The van der Waals surface area contributed by atoms with Crippen LogP contribution >= 0.6 is 15.9 Å². The van der Waals surface area contributed by atoms with Crippen molar-refractivity contribution in [1.82, 2.24) is 9.55 Å². The summed E-state index contributed by atoms with van der Waals surface area (Å²) < 4.78 is 27.0. The second kappa shape index (κ2) is 5.34. The summed E-state index contributed by atoms with van der Waals surface area (Å²) in [6, 6.07) is 4.83. The minimum atomic E-state index is -3.41. The van der Waals surface area contributed by atoms with E-state index in [1.54, 1.807) is 29.1 Å². The van der Waals surface area contributed by atoms with Crippen molar-refractivity contribution in [2.24, 2.45) is 0 Å². The molecular weight excluding hydrogens is 330 g/mol. The van der Waals surface area contributed by atoms with Crippen molar-refractivity contribution in [2.45, 2.75) is 18.4 Å². The highest BCUT2D eigenvalue weighted by Gasteiger charge is 2.18. The lowest BCUT2D eigenvalue weighted by Gasteiger charge is -2.09. The fraction of sp³-hybridized carbons (Fsp3) is 0.250. The smallest absolute Gasteiger partial charge is 0.182 e. The van der Waals surface area contributed by atoms with Crippen molar-refractivity contribution in [3.8, 4) is 0 Å². The summed E-state index contributed by atoms with van der Waals surface area (Å²) in [5.74, 6) is 0.780. The van der Waals surface area contributed by atoms with E-state index in [2.05, 4.69) is 20.9 Å². The van der Waals surface area contributed by atoms with Gasteiger partial charge >= 0.3 is 0 Å². The van der Waals surface area contributed by atoms with Crippen molar-refractivity contribution in [3.05, 3.63) is 40.9 Å². The Morgan fingerprint density at radius 1 is 1.42 bits per heavy atom. The van der Waals surface area contributed by atoms with Gasteiger partial charge in [-0.1, -0.05) is 15.9 Å². The molecule has 0 unspecified atom stereocenters. The van der Waals surface area contributed by atoms with Crippen LogP contribution in [0.4, 0.5) is 5.69 Å². The van der Waals surface area contributed by atoms with E-state index in [0.717, 1.165) is 5.82 Å². The van der Waals surface area contributed by atoms with Gasteiger partial charge in [-0.2, -0.15) is 0 Å². The van der Waals surface area contributed by atoms with E-state index in [1.807, 2.05) is 6.92 Å². The summed E-state index contributed by atoms with van der Waals surface area (Å²) in [6.07, 6.45) is 3.41. The Kier molecular flexibility index (Phi) is 3.96. The highest BCUT2D eigenvalue weighted by atomic mass is 79.9. The molecule has 0 saturated heterocycles. The Balaban J connectivity index is 2.23. The van der Waals surface area contributed by atoms with Gasteiger partial charge in [0.1, 0.15) is 5.82 Å². The zero-order chi connectivity index (χ0) is 14.0. The van der Waals surface area contributed by atoms with Crippen molar-refractivity contribution in [3.63, 3.8) is 0 Å². The van der Waals surface area contributed by atoms with Crippen LogP contribution in [0.15, 0.2) is 40.0 Å². The molecule has 0 bridgehead atoms. The van der Waals surface area contributed by atoms with Crippen molar-refractivity contribution in [1.29, 1.82) is 0 Å². The van der Waals surface area contributed by atoms with Crippen LogP contribution in [-0.2, 0) is 16.4 Å². The third-order valence-corrected chi connectivity index (χ3v) is 5.07. The quantitative estimate of drug-likeness (QED) is 0.861. The molecule has 0 radical (unpaired) electrons. The molecule has 0 aliphatic heterocycles. The number of rotatable bonds is 4. The lowest BCUT2D eigenvalue weighted by atomic mass is 10.3. The first kappa shape index (κ1) is 14.1. The van der Waals surface area contributed by atoms with E-state index >= 15 is 0 Å². The van der Waals surface area contributed by atoms with Crippen LogP contribution in [0.2, 0.25) is 0 Å². The molecule has 102 valence electrons. The monoisotopic (exact) mass is 343 g/mol. The van der Waals surface area contributed by atoms with Gasteiger partial charge in [0.15, 0.2) is 9.84 Å². The van der Waals surface area contributed by atoms with Crippen molar-refractivity contribution in [2.75, 3.05) is 11.5 Å². The number of sulfone groups is 1. The van der Waals surface area contributed by atoms with Gasteiger partial charge in [0.2, 0.25) is 0 Å². The molecule has 0 saturated carbocycles. The molecule has 0 aliphatic rings. The zero-order valence-corrected chi connectivity index (χ0v) is 12.8. The lowest BCUT2D eigenvalue weighted by Crippen LogP contribution is -2.15. The normalized spacial score (nSPS) is 11.7. The Morgan fingerprint density at radius 2 is 2.16 bits per heavy atom. The first-order valence-corrected chi connectivity index (χ1v) is 8.10.